The molecule has 0 amide bonds. The van der Waals surface area contributed by atoms with Gasteiger partial charge in [0.25, 0.3) is 0 Å². The van der Waals surface area contributed by atoms with Crippen LogP contribution >= 0.6 is 0 Å². The lowest BCUT2D eigenvalue weighted by atomic mass is 9.93. The minimum Gasteiger partial charge on any atom is -0.310 e. The molecule has 0 spiro atoms. The normalized spacial score (nSPS) is 11.3. The maximum Gasteiger partial charge on any atom is 0.0473 e. The Morgan fingerprint density at radius 1 is 0.218 bits per heavy atom. The highest BCUT2D eigenvalue weighted by Crippen LogP contribution is 2.43. The van der Waals surface area contributed by atoms with Crippen molar-refractivity contribution >= 4 is 49.4 Å². The molecule has 0 N–H and O–H groups in total. The Morgan fingerprint density at radius 2 is 0.673 bits per heavy atom. The molecule has 1 heteroatoms. The molecule has 0 aliphatic heterocycles. The molecule has 0 saturated heterocycles. The average Bonchev–Trinajstić information content (AvgIpc) is 3.27. The highest BCUT2D eigenvalue weighted by molar-refractivity contribution is 6.14. The third kappa shape index (κ3) is 6.12. The molecule has 0 saturated carbocycles. The van der Waals surface area contributed by atoms with Crippen molar-refractivity contribution in [1.82, 2.24) is 0 Å². The zero-order valence-electron chi connectivity index (χ0n) is 30.3. The molecular weight excluding hydrogens is 663 g/mol. The summed E-state index contributed by atoms with van der Waals surface area (Å²) in [6.07, 6.45) is 0. The van der Waals surface area contributed by atoms with Crippen LogP contribution in [0.25, 0.3) is 76.8 Å². The number of nitrogens with zero attached hydrogens (tertiary/aromatic N) is 1. The summed E-state index contributed by atoms with van der Waals surface area (Å²) in [5.41, 5.74) is 12.8. The van der Waals surface area contributed by atoms with Crippen LogP contribution in [0.5, 0.6) is 0 Å². The zero-order valence-corrected chi connectivity index (χ0v) is 30.3. The van der Waals surface area contributed by atoms with Crippen molar-refractivity contribution in [1.29, 1.82) is 0 Å². The SMILES string of the molecule is c1ccc(-c2cc(-c3ccccc3)cc(N(c3cccc(-c4cccc5ccccc45)c3)c3cccc(-c4cc5ccccc5c5ccccc45)c3)c2)cc1. The number of anilines is 3. The van der Waals surface area contributed by atoms with E-state index in [1.165, 1.54) is 76.8 Å². The predicted octanol–water partition coefficient (Wildman–Crippen LogP) is 15.3. The van der Waals surface area contributed by atoms with Crippen LogP contribution in [0.1, 0.15) is 0 Å². The van der Waals surface area contributed by atoms with Crippen LogP contribution in [0.15, 0.2) is 224 Å². The Hall–Kier alpha value is -7.22. The third-order valence-electron chi connectivity index (χ3n) is 10.8. The number of hydrogen-bond acceptors (Lipinski definition) is 1. The summed E-state index contributed by atoms with van der Waals surface area (Å²) in [5.74, 6) is 0. The molecule has 0 atom stereocenters. The molecule has 55 heavy (non-hydrogen) atoms. The van der Waals surface area contributed by atoms with Crippen molar-refractivity contribution in [3.63, 3.8) is 0 Å². The second kappa shape index (κ2) is 14.0. The maximum absolute atomic E-state index is 2.43. The summed E-state index contributed by atoms with van der Waals surface area (Å²) < 4.78 is 0. The summed E-state index contributed by atoms with van der Waals surface area (Å²) >= 11 is 0. The van der Waals surface area contributed by atoms with E-state index in [4.69, 9.17) is 0 Å². The van der Waals surface area contributed by atoms with Crippen LogP contribution in [0.4, 0.5) is 17.1 Å². The number of fused-ring (bicyclic) bond motifs is 4. The Labute approximate surface area is 322 Å². The fourth-order valence-electron chi connectivity index (χ4n) is 8.18. The summed E-state index contributed by atoms with van der Waals surface area (Å²) in [6, 6.07) is 81.6. The van der Waals surface area contributed by atoms with Crippen LogP contribution < -0.4 is 4.90 Å². The number of rotatable bonds is 7. The fraction of sp³-hybridized carbons (Fsp3) is 0. The zero-order chi connectivity index (χ0) is 36.6. The highest BCUT2D eigenvalue weighted by Gasteiger charge is 2.18. The predicted molar refractivity (Wildman–Crippen MR) is 235 cm³/mol. The van der Waals surface area contributed by atoms with Gasteiger partial charge in [0.2, 0.25) is 0 Å². The van der Waals surface area contributed by atoms with Gasteiger partial charge in [0.05, 0.1) is 0 Å². The average molecular weight is 700 g/mol. The molecule has 0 aromatic heterocycles. The molecule has 0 heterocycles. The Balaban J connectivity index is 1.21. The number of benzene rings is 10. The van der Waals surface area contributed by atoms with Crippen LogP contribution in [0, 0.1) is 0 Å². The minimum atomic E-state index is 1.09. The van der Waals surface area contributed by atoms with Gasteiger partial charge in [0.15, 0.2) is 0 Å². The van der Waals surface area contributed by atoms with Crippen molar-refractivity contribution in [2.24, 2.45) is 0 Å². The first-order valence-electron chi connectivity index (χ1n) is 18.9. The summed E-state index contributed by atoms with van der Waals surface area (Å²) in [5, 5.41) is 7.52. The van der Waals surface area contributed by atoms with Gasteiger partial charge in [0, 0.05) is 17.1 Å². The van der Waals surface area contributed by atoms with Gasteiger partial charge in [-0.05, 0) is 125 Å². The summed E-state index contributed by atoms with van der Waals surface area (Å²) in [4.78, 5) is 2.43. The molecule has 0 fully saturated rings. The van der Waals surface area contributed by atoms with Gasteiger partial charge in [0.1, 0.15) is 0 Å². The van der Waals surface area contributed by atoms with Crippen LogP contribution in [0.3, 0.4) is 0 Å². The van der Waals surface area contributed by atoms with E-state index in [0.717, 1.165) is 17.1 Å². The fourth-order valence-corrected chi connectivity index (χ4v) is 8.18. The quantitative estimate of drug-likeness (QED) is 0.150. The highest BCUT2D eigenvalue weighted by atomic mass is 15.1. The molecule has 10 rings (SSSR count). The van der Waals surface area contributed by atoms with Crippen molar-refractivity contribution in [2.45, 2.75) is 0 Å². The second-order valence-electron chi connectivity index (χ2n) is 14.2. The lowest BCUT2D eigenvalue weighted by molar-refractivity contribution is 1.28. The lowest BCUT2D eigenvalue weighted by Gasteiger charge is -2.28. The van der Waals surface area contributed by atoms with E-state index in [2.05, 4.69) is 229 Å². The van der Waals surface area contributed by atoms with E-state index in [0.29, 0.717) is 0 Å². The van der Waals surface area contributed by atoms with Gasteiger partial charge in [-0.15, -0.1) is 0 Å². The van der Waals surface area contributed by atoms with Crippen molar-refractivity contribution < 1.29 is 0 Å². The molecular formula is C54H37N. The van der Waals surface area contributed by atoms with Crippen molar-refractivity contribution in [2.75, 3.05) is 4.90 Å². The van der Waals surface area contributed by atoms with Crippen LogP contribution in [-0.2, 0) is 0 Å². The molecule has 0 bridgehead atoms. The summed E-state index contributed by atoms with van der Waals surface area (Å²) in [7, 11) is 0. The van der Waals surface area contributed by atoms with E-state index >= 15 is 0 Å². The molecule has 0 radical (unpaired) electrons. The first kappa shape index (κ1) is 32.4. The summed E-state index contributed by atoms with van der Waals surface area (Å²) in [6.45, 7) is 0. The Morgan fingerprint density at radius 3 is 1.33 bits per heavy atom. The first-order chi connectivity index (χ1) is 27.3. The van der Waals surface area contributed by atoms with Gasteiger partial charge in [-0.1, -0.05) is 176 Å². The smallest absolute Gasteiger partial charge is 0.0473 e. The molecule has 258 valence electrons. The standard InChI is InChI=1S/C54H37N/c1-3-16-38(17-4-1)44-32-45(39-18-5-2-6-19-39)36-48(35-44)55(46-25-13-23-41(33-46)50-31-15-22-40-20-7-9-27-49(40)50)47-26-14-24-42(34-47)54-37-43-21-8-10-28-51(43)52-29-11-12-30-53(52)54/h1-37H. The topological polar surface area (TPSA) is 3.24 Å². The molecule has 0 unspecified atom stereocenters. The second-order valence-corrected chi connectivity index (χ2v) is 14.2. The minimum absolute atomic E-state index is 1.09. The van der Waals surface area contributed by atoms with E-state index < -0.39 is 0 Å². The van der Waals surface area contributed by atoms with Crippen molar-refractivity contribution in [3.05, 3.63) is 224 Å². The van der Waals surface area contributed by atoms with Crippen LogP contribution in [0.2, 0.25) is 0 Å². The maximum atomic E-state index is 2.43. The molecule has 0 aliphatic rings. The number of hydrogen-bond donors (Lipinski definition) is 0. The molecule has 10 aromatic carbocycles. The molecule has 0 aliphatic carbocycles. The van der Waals surface area contributed by atoms with E-state index in [-0.39, 0.29) is 0 Å². The van der Waals surface area contributed by atoms with Gasteiger partial charge >= 0.3 is 0 Å². The van der Waals surface area contributed by atoms with E-state index in [1.54, 1.807) is 0 Å². The monoisotopic (exact) mass is 699 g/mol. The van der Waals surface area contributed by atoms with Crippen LogP contribution in [-0.4, -0.2) is 0 Å². The third-order valence-corrected chi connectivity index (χ3v) is 10.8. The first-order valence-corrected chi connectivity index (χ1v) is 18.9. The lowest BCUT2D eigenvalue weighted by Crippen LogP contribution is -2.10. The van der Waals surface area contributed by atoms with Gasteiger partial charge in [-0.2, -0.15) is 0 Å². The van der Waals surface area contributed by atoms with Gasteiger partial charge in [-0.25, -0.2) is 0 Å². The molecule has 1 nitrogen and oxygen atoms in total. The van der Waals surface area contributed by atoms with E-state index in [9.17, 15) is 0 Å². The van der Waals surface area contributed by atoms with Crippen molar-refractivity contribution in [3.8, 4) is 44.5 Å². The Bertz CT molecular complexity index is 2920. The van der Waals surface area contributed by atoms with Gasteiger partial charge in [-0.3, -0.25) is 0 Å². The Kier molecular flexibility index (Phi) is 8.24. The van der Waals surface area contributed by atoms with Gasteiger partial charge < -0.3 is 4.90 Å². The molecule has 10 aromatic rings. The largest absolute Gasteiger partial charge is 0.310 e. The van der Waals surface area contributed by atoms with E-state index in [1.807, 2.05) is 0 Å².